The second-order valence-corrected chi connectivity index (χ2v) is 4.79. The molecule has 0 fully saturated rings. The summed E-state index contributed by atoms with van der Waals surface area (Å²) >= 11 is 0. The van der Waals surface area contributed by atoms with Crippen LogP contribution in [0.25, 0.3) is 5.65 Å². The van der Waals surface area contributed by atoms with Gasteiger partial charge >= 0.3 is 0 Å². The summed E-state index contributed by atoms with van der Waals surface area (Å²) in [5.74, 6) is -0.177. The highest BCUT2D eigenvalue weighted by Gasteiger charge is 2.24. The fraction of sp³-hybridized carbons (Fsp3) is 0.333. The molecular formula is C12H14N2O2. The van der Waals surface area contributed by atoms with Gasteiger partial charge in [0.15, 0.2) is 0 Å². The van der Waals surface area contributed by atoms with Crippen LogP contribution in [0.1, 0.15) is 26.3 Å². The predicted octanol–water partition coefficient (Wildman–Crippen LogP) is 1.70. The van der Waals surface area contributed by atoms with E-state index in [2.05, 4.69) is 4.98 Å². The van der Waals surface area contributed by atoms with Crippen LogP contribution in [0.4, 0.5) is 0 Å². The summed E-state index contributed by atoms with van der Waals surface area (Å²) in [5, 5.41) is 9.80. The second-order valence-electron chi connectivity index (χ2n) is 4.79. The summed E-state index contributed by atoms with van der Waals surface area (Å²) in [4.78, 5) is 16.2. The van der Waals surface area contributed by atoms with Crippen LogP contribution in [-0.4, -0.2) is 14.5 Å². The van der Waals surface area contributed by atoms with Gasteiger partial charge in [-0.15, -0.1) is 0 Å². The van der Waals surface area contributed by atoms with Crippen molar-refractivity contribution < 1.29 is 5.11 Å². The lowest BCUT2D eigenvalue weighted by molar-refractivity contribution is 0.423. The Morgan fingerprint density at radius 2 is 2.00 bits per heavy atom. The van der Waals surface area contributed by atoms with Crippen LogP contribution >= 0.6 is 0 Å². The lowest BCUT2D eigenvalue weighted by Crippen LogP contribution is -2.28. The summed E-state index contributed by atoms with van der Waals surface area (Å²) in [7, 11) is 0. The summed E-state index contributed by atoms with van der Waals surface area (Å²) in [5.41, 5.74) is 0.162. The van der Waals surface area contributed by atoms with Crippen LogP contribution in [0.15, 0.2) is 29.2 Å². The van der Waals surface area contributed by atoms with Crippen molar-refractivity contribution in [2.24, 2.45) is 0 Å². The second kappa shape index (κ2) is 3.33. The van der Waals surface area contributed by atoms with Crippen molar-refractivity contribution in [2.75, 3.05) is 0 Å². The summed E-state index contributed by atoms with van der Waals surface area (Å²) in [6, 6.07) is 5.23. The molecule has 0 aliphatic carbocycles. The molecule has 2 heterocycles. The van der Waals surface area contributed by atoms with Gasteiger partial charge in [0.1, 0.15) is 5.65 Å². The van der Waals surface area contributed by atoms with E-state index in [0.717, 1.165) is 0 Å². The maximum atomic E-state index is 12.2. The van der Waals surface area contributed by atoms with E-state index in [4.69, 9.17) is 0 Å². The molecule has 4 nitrogen and oxygen atoms in total. The van der Waals surface area contributed by atoms with Crippen molar-refractivity contribution in [3.8, 4) is 5.88 Å². The molecular weight excluding hydrogens is 204 g/mol. The van der Waals surface area contributed by atoms with E-state index in [1.807, 2.05) is 20.8 Å². The molecule has 16 heavy (non-hydrogen) atoms. The van der Waals surface area contributed by atoms with Gasteiger partial charge in [0.2, 0.25) is 5.88 Å². The Balaban J connectivity index is 2.92. The minimum absolute atomic E-state index is 0.177. The van der Waals surface area contributed by atoms with Gasteiger partial charge in [-0.1, -0.05) is 26.8 Å². The Morgan fingerprint density at radius 3 is 2.62 bits per heavy atom. The first-order chi connectivity index (χ1) is 7.41. The highest BCUT2D eigenvalue weighted by atomic mass is 16.3. The summed E-state index contributed by atoms with van der Waals surface area (Å²) in [6.45, 7) is 5.63. The summed E-state index contributed by atoms with van der Waals surface area (Å²) < 4.78 is 1.44. The van der Waals surface area contributed by atoms with Crippen molar-refractivity contribution in [3.63, 3.8) is 0 Å². The largest absolute Gasteiger partial charge is 0.493 e. The van der Waals surface area contributed by atoms with Crippen molar-refractivity contribution in [2.45, 2.75) is 26.2 Å². The number of nitrogens with zero attached hydrogens (tertiary/aromatic N) is 2. The third-order valence-electron chi connectivity index (χ3n) is 2.47. The van der Waals surface area contributed by atoms with Crippen LogP contribution < -0.4 is 5.56 Å². The van der Waals surface area contributed by atoms with Crippen LogP contribution in [0.2, 0.25) is 0 Å². The number of rotatable bonds is 0. The van der Waals surface area contributed by atoms with Crippen molar-refractivity contribution in [1.29, 1.82) is 0 Å². The van der Waals surface area contributed by atoms with Gasteiger partial charge < -0.3 is 5.11 Å². The van der Waals surface area contributed by atoms with E-state index in [9.17, 15) is 9.90 Å². The standard InChI is InChI=1S/C12H14N2O2/c1-12(2,3)9-10(15)13-8-6-4-5-7-14(8)11(9)16/h4-7,15H,1-3H3. The van der Waals surface area contributed by atoms with E-state index in [1.165, 1.54) is 4.40 Å². The quantitative estimate of drug-likeness (QED) is 0.732. The van der Waals surface area contributed by atoms with Crippen molar-refractivity contribution >= 4 is 5.65 Å². The molecule has 2 aromatic rings. The molecule has 0 spiro atoms. The molecule has 84 valence electrons. The van der Waals surface area contributed by atoms with E-state index in [1.54, 1.807) is 24.4 Å². The minimum Gasteiger partial charge on any atom is -0.493 e. The zero-order valence-corrected chi connectivity index (χ0v) is 9.56. The molecule has 0 aromatic carbocycles. The average Bonchev–Trinajstić information content (AvgIpc) is 2.15. The fourth-order valence-electron chi connectivity index (χ4n) is 1.73. The lowest BCUT2D eigenvalue weighted by Gasteiger charge is -2.18. The fourth-order valence-corrected chi connectivity index (χ4v) is 1.73. The maximum Gasteiger partial charge on any atom is 0.265 e. The molecule has 2 aromatic heterocycles. The zero-order chi connectivity index (χ0) is 11.9. The van der Waals surface area contributed by atoms with Gasteiger partial charge in [0.05, 0.1) is 5.56 Å². The topological polar surface area (TPSA) is 54.6 Å². The third kappa shape index (κ3) is 1.56. The molecule has 0 amide bonds. The molecule has 0 unspecified atom stereocenters. The van der Waals surface area contributed by atoms with Crippen LogP contribution in [-0.2, 0) is 5.41 Å². The molecule has 1 N–H and O–H groups in total. The van der Waals surface area contributed by atoms with Gasteiger partial charge in [-0.2, -0.15) is 4.98 Å². The third-order valence-corrected chi connectivity index (χ3v) is 2.47. The Bertz CT molecular complexity index is 594. The van der Waals surface area contributed by atoms with Crippen LogP contribution in [0, 0.1) is 0 Å². The zero-order valence-electron chi connectivity index (χ0n) is 9.56. The molecule has 2 rings (SSSR count). The van der Waals surface area contributed by atoms with Crippen LogP contribution in [0.5, 0.6) is 5.88 Å². The van der Waals surface area contributed by atoms with Gasteiger partial charge in [-0.3, -0.25) is 9.20 Å². The predicted molar refractivity (Wildman–Crippen MR) is 61.8 cm³/mol. The first-order valence-corrected chi connectivity index (χ1v) is 5.12. The Kier molecular flexibility index (Phi) is 2.22. The van der Waals surface area contributed by atoms with Gasteiger partial charge in [0.25, 0.3) is 5.56 Å². The first kappa shape index (κ1) is 10.7. The van der Waals surface area contributed by atoms with E-state index >= 15 is 0 Å². The lowest BCUT2D eigenvalue weighted by atomic mass is 9.88. The first-order valence-electron chi connectivity index (χ1n) is 5.12. The van der Waals surface area contributed by atoms with Crippen LogP contribution in [0.3, 0.4) is 0 Å². The number of aromatic hydroxyl groups is 1. The normalized spacial score (nSPS) is 11.9. The molecule has 4 heteroatoms. The maximum absolute atomic E-state index is 12.2. The summed E-state index contributed by atoms with van der Waals surface area (Å²) in [6.07, 6.45) is 1.65. The van der Waals surface area contributed by atoms with Gasteiger partial charge in [-0.25, -0.2) is 0 Å². The van der Waals surface area contributed by atoms with E-state index < -0.39 is 5.41 Å². The van der Waals surface area contributed by atoms with Crippen molar-refractivity contribution in [1.82, 2.24) is 9.38 Å². The molecule has 0 saturated heterocycles. The number of hydrogen-bond donors (Lipinski definition) is 1. The average molecular weight is 218 g/mol. The molecule has 0 saturated carbocycles. The Hall–Kier alpha value is -1.84. The van der Waals surface area contributed by atoms with Gasteiger partial charge in [-0.05, 0) is 17.5 Å². The van der Waals surface area contributed by atoms with Crippen molar-refractivity contribution in [3.05, 3.63) is 40.3 Å². The van der Waals surface area contributed by atoms with Gasteiger partial charge in [0, 0.05) is 6.20 Å². The molecule has 0 radical (unpaired) electrons. The number of aromatic nitrogens is 2. The molecule has 0 atom stereocenters. The smallest absolute Gasteiger partial charge is 0.265 e. The number of hydrogen-bond acceptors (Lipinski definition) is 3. The number of pyridine rings is 1. The highest BCUT2D eigenvalue weighted by molar-refractivity contribution is 5.44. The minimum atomic E-state index is -0.425. The monoisotopic (exact) mass is 218 g/mol. The SMILES string of the molecule is CC(C)(C)c1c(O)nc2ccccn2c1=O. The molecule has 0 aliphatic rings. The molecule has 0 bridgehead atoms. The Labute approximate surface area is 93.2 Å². The molecule has 0 aliphatic heterocycles. The number of fused-ring (bicyclic) bond motifs is 1. The van der Waals surface area contributed by atoms with E-state index in [-0.39, 0.29) is 11.4 Å². The highest BCUT2D eigenvalue weighted by Crippen LogP contribution is 2.25. The van der Waals surface area contributed by atoms with E-state index in [0.29, 0.717) is 11.2 Å². The Morgan fingerprint density at radius 1 is 1.31 bits per heavy atom.